The smallest absolute Gasteiger partial charge is 0.226 e. The third-order valence-corrected chi connectivity index (χ3v) is 5.40. The summed E-state index contributed by atoms with van der Waals surface area (Å²) in [6, 6.07) is 9.94. The van der Waals surface area contributed by atoms with Gasteiger partial charge in [0.05, 0.1) is 0 Å². The highest BCUT2D eigenvalue weighted by atomic mass is 35.5. The van der Waals surface area contributed by atoms with Gasteiger partial charge in [-0.05, 0) is 36.2 Å². The molecule has 0 bridgehead atoms. The van der Waals surface area contributed by atoms with Crippen LogP contribution in [0.5, 0.6) is 0 Å². The lowest BCUT2D eigenvalue weighted by molar-refractivity contribution is -0.116. The van der Waals surface area contributed by atoms with Crippen LogP contribution >= 0.6 is 22.9 Å². The van der Waals surface area contributed by atoms with E-state index in [-0.39, 0.29) is 5.91 Å². The number of nitrogens with zero attached hydrogens (tertiary/aromatic N) is 1. The summed E-state index contributed by atoms with van der Waals surface area (Å²) in [5.74, 6) is 1.73. The molecule has 0 aliphatic rings. The predicted octanol–water partition coefficient (Wildman–Crippen LogP) is 5.42. The fourth-order valence-corrected chi connectivity index (χ4v) is 3.63. The Bertz CT molecular complexity index is 901. The normalized spacial score (nSPS) is 10.9. The lowest BCUT2D eigenvalue weighted by atomic mass is 10.1. The Morgan fingerprint density at radius 3 is 2.81 bits per heavy atom. The molecule has 4 nitrogen and oxygen atoms in total. The molecular formula is C20H21ClN2O2S. The minimum Gasteiger partial charge on any atom is -0.466 e. The van der Waals surface area contributed by atoms with Crippen molar-refractivity contribution in [3.63, 3.8) is 0 Å². The van der Waals surface area contributed by atoms with Gasteiger partial charge >= 0.3 is 0 Å². The summed E-state index contributed by atoms with van der Waals surface area (Å²) in [4.78, 5) is 17.5. The zero-order valence-electron chi connectivity index (χ0n) is 14.8. The number of aryl methyl sites for hydroxylation is 3. The molecule has 0 unspecified atom stereocenters. The van der Waals surface area contributed by atoms with E-state index in [2.05, 4.69) is 16.4 Å². The Kier molecular flexibility index (Phi) is 6.12. The van der Waals surface area contributed by atoms with Crippen LogP contribution in [0, 0.1) is 6.92 Å². The van der Waals surface area contributed by atoms with Crippen molar-refractivity contribution in [3.05, 3.63) is 69.1 Å². The maximum Gasteiger partial charge on any atom is 0.226 e. The summed E-state index contributed by atoms with van der Waals surface area (Å²) >= 11 is 7.66. The van der Waals surface area contributed by atoms with Crippen molar-refractivity contribution >= 4 is 34.0 Å². The number of furan rings is 1. The van der Waals surface area contributed by atoms with Gasteiger partial charge in [0.2, 0.25) is 5.91 Å². The topological polar surface area (TPSA) is 55.1 Å². The Hall–Kier alpha value is -2.11. The van der Waals surface area contributed by atoms with E-state index in [1.807, 2.05) is 38.1 Å². The van der Waals surface area contributed by atoms with Crippen LogP contribution in [0.15, 0.2) is 40.9 Å². The monoisotopic (exact) mass is 388 g/mol. The molecule has 3 rings (SSSR count). The summed E-state index contributed by atoms with van der Waals surface area (Å²) in [7, 11) is 0. The Labute approximate surface area is 162 Å². The van der Waals surface area contributed by atoms with Gasteiger partial charge in [-0.15, -0.1) is 11.3 Å². The van der Waals surface area contributed by atoms with Crippen LogP contribution in [0.3, 0.4) is 0 Å². The largest absolute Gasteiger partial charge is 0.466 e. The first kappa shape index (κ1) is 18.7. The number of anilines is 1. The van der Waals surface area contributed by atoms with Crippen LogP contribution in [-0.4, -0.2) is 10.9 Å². The van der Waals surface area contributed by atoms with Crippen LogP contribution < -0.4 is 5.32 Å². The van der Waals surface area contributed by atoms with Gasteiger partial charge in [-0.25, -0.2) is 4.98 Å². The molecule has 6 heteroatoms. The van der Waals surface area contributed by atoms with E-state index in [0.29, 0.717) is 18.0 Å². The second kappa shape index (κ2) is 8.52. The molecule has 0 atom stereocenters. The van der Waals surface area contributed by atoms with Crippen molar-refractivity contribution in [3.8, 4) is 0 Å². The molecule has 1 amide bonds. The predicted molar refractivity (Wildman–Crippen MR) is 106 cm³/mol. The lowest BCUT2D eigenvalue weighted by Gasteiger charge is -2.02. The molecule has 0 aliphatic heterocycles. The zero-order valence-corrected chi connectivity index (χ0v) is 16.4. The lowest BCUT2D eigenvalue weighted by Crippen LogP contribution is -2.11. The number of aromatic nitrogens is 1. The number of amides is 1. The van der Waals surface area contributed by atoms with Gasteiger partial charge in [-0.3, -0.25) is 4.79 Å². The third kappa shape index (κ3) is 4.96. The molecule has 1 N–H and O–H groups in total. The van der Waals surface area contributed by atoms with E-state index in [1.165, 1.54) is 11.3 Å². The Morgan fingerprint density at radius 1 is 1.27 bits per heavy atom. The third-order valence-electron chi connectivity index (χ3n) is 4.08. The molecule has 0 radical (unpaired) electrons. The van der Waals surface area contributed by atoms with Crippen LogP contribution in [-0.2, 0) is 24.1 Å². The Morgan fingerprint density at radius 2 is 2.08 bits per heavy atom. The maximum absolute atomic E-state index is 12.1. The van der Waals surface area contributed by atoms with Crippen molar-refractivity contribution in [1.29, 1.82) is 0 Å². The van der Waals surface area contributed by atoms with Crippen molar-refractivity contribution in [2.45, 2.75) is 39.5 Å². The summed E-state index contributed by atoms with van der Waals surface area (Å²) in [6.07, 6.45) is 4.37. The van der Waals surface area contributed by atoms with E-state index < -0.39 is 0 Å². The van der Waals surface area contributed by atoms with Gasteiger partial charge in [0.15, 0.2) is 5.13 Å². The molecule has 0 saturated carbocycles. The van der Waals surface area contributed by atoms with Gasteiger partial charge in [0, 0.05) is 41.8 Å². The van der Waals surface area contributed by atoms with Gasteiger partial charge < -0.3 is 9.73 Å². The van der Waals surface area contributed by atoms with Crippen LogP contribution in [0.1, 0.15) is 40.9 Å². The van der Waals surface area contributed by atoms with Gasteiger partial charge in [-0.1, -0.05) is 30.7 Å². The average molecular weight is 389 g/mol. The highest BCUT2D eigenvalue weighted by molar-refractivity contribution is 7.15. The van der Waals surface area contributed by atoms with Gasteiger partial charge in [0.25, 0.3) is 0 Å². The van der Waals surface area contributed by atoms with E-state index in [1.54, 1.807) is 6.20 Å². The molecule has 26 heavy (non-hydrogen) atoms. The number of rotatable bonds is 7. The minimum atomic E-state index is -0.0567. The number of thiazole rings is 1. The van der Waals surface area contributed by atoms with E-state index in [4.69, 9.17) is 16.0 Å². The van der Waals surface area contributed by atoms with Crippen LogP contribution in [0.25, 0.3) is 0 Å². The molecular weight excluding hydrogens is 368 g/mol. The Balaban J connectivity index is 1.52. The molecule has 2 heterocycles. The van der Waals surface area contributed by atoms with Crippen molar-refractivity contribution < 1.29 is 9.21 Å². The molecule has 0 spiro atoms. The SMILES string of the molecule is CCc1ccc(CCC(=O)Nc2ncc(Cc3ccc(C)c(Cl)c3)s2)o1. The van der Waals surface area contributed by atoms with E-state index >= 15 is 0 Å². The van der Waals surface area contributed by atoms with Gasteiger partial charge in [0.1, 0.15) is 11.5 Å². The fourth-order valence-electron chi connectivity index (χ4n) is 2.56. The second-order valence-corrected chi connectivity index (χ2v) is 7.68. The molecule has 0 fully saturated rings. The summed E-state index contributed by atoms with van der Waals surface area (Å²) in [6.45, 7) is 4.03. The van der Waals surface area contributed by atoms with Crippen LogP contribution in [0.2, 0.25) is 5.02 Å². The summed E-state index contributed by atoms with van der Waals surface area (Å²) in [5.41, 5.74) is 2.20. The highest BCUT2D eigenvalue weighted by Crippen LogP contribution is 2.24. The number of carbonyl (C=O) groups is 1. The fraction of sp³-hybridized carbons (Fsp3) is 0.300. The van der Waals surface area contributed by atoms with Crippen LogP contribution in [0.4, 0.5) is 5.13 Å². The molecule has 2 aromatic heterocycles. The average Bonchev–Trinajstić information content (AvgIpc) is 3.25. The number of carbonyl (C=O) groups excluding carboxylic acids is 1. The zero-order chi connectivity index (χ0) is 18.5. The second-order valence-electron chi connectivity index (χ2n) is 6.16. The first-order chi connectivity index (χ1) is 12.5. The molecule has 0 aliphatic carbocycles. The standard InChI is InChI=1S/C20H21ClN2O2S/c1-3-15-6-7-16(25-15)8-9-19(24)23-20-22-12-17(26-20)10-14-5-4-13(2)18(21)11-14/h4-7,11-12H,3,8-10H2,1-2H3,(H,22,23,24). The summed E-state index contributed by atoms with van der Waals surface area (Å²) in [5, 5.41) is 4.25. The maximum atomic E-state index is 12.1. The number of halogens is 1. The molecule has 1 aromatic carbocycles. The highest BCUT2D eigenvalue weighted by Gasteiger charge is 2.10. The molecule has 136 valence electrons. The molecule has 3 aromatic rings. The number of hydrogen-bond acceptors (Lipinski definition) is 4. The first-order valence-electron chi connectivity index (χ1n) is 8.60. The van der Waals surface area contributed by atoms with E-state index in [9.17, 15) is 4.79 Å². The number of hydrogen-bond donors (Lipinski definition) is 1. The number of nitrogens with one attached hydrogen (secondary N) is 1. The quantitative estimate of drug-likeness (QED) is 0.587. The van der Waals surface area contributed by atoms with E-state index in [0.717, 1.165) is 45.4 Å². The first-order valence-corrected chi connectivity index (χ1v) is 9.80. The molecule has 0 saturated heterocycles. The minimum absolute atomic E-state index is 0.0567. The van der Waals surface area contributed by atoms with Gasteiger partial charge in [-0.2, -0.15) is 0 Å². The summed E-state index contributed by atoms with van der Waals surface area (Å²) < 4.78 is 5.62. The van der Waals surface area contributed by atoms with Crippen molar-refractivity contribution in [2.75, 3.05) is 5.32 Å². The van der Waals surface area contributed by atoms with Crippen molar-refractivity contribution in [1.82, 2.24) is 4.98 Å². The van der Waals surface area contributed by atoms with Crippen molar-refractivity contribution in [2.24, 2.45) is 0 Å². The number of benzene rings is 1.